The first kappa shape index (κ1) is 13.1. The van der Waals surface area contributed by atoms with Crippen LogP contribution in [0.4, 0.5) is 13.2 Å². The Kier molecular flexibility index (Phi) is 3.06. The molecule has 2 aromatic rings. The molecule has 19 heavy (non-hydrogen) atoms. The van der Waals surface area contributed by atoms with E-state index in [1.807, 2.05) is 11.2 Å². The first-order chi connectivity index (χ1) is 8.84. The molecule has 0 bridgehead atoms. The Hall–Kier alpha value is -2.30. The van der Waals surface area contributed by atoms with Crippen molar-refractivity contribution in [3.05, 3.63) is 33.4 Å². The summed E-state index contributed by atoms with van der Waals surface area (Å²) in [7, 11) is 0. The third-order valence-electron chi connectivity index (χ3n) is 2.71. The van der Waals surface area contributed by atoms with Crippen LogP contribution in [-0.4, -0.2) is 14.6 Å². The average Bonchev–Trinajstić information content (AvgIpc) is 2.72. The maximum atomic E-state index is 12.5. The van der Waals surface area contributed by atoms with Crippen LogP contribution in [0.2, 0.25) is 0 Å². The van der Waals surface area contributed by atoms with Crippen molar-refractivity contribution >= 4 is 5.65 Å². The van der Waals surface area contributed by atoms with Gasteiger partial charge in [0.15, 0.2) is 5.65 Å². The highest BCUT2D eigenvalue weighted by molar-refractivity contribution is 5.42. The van der Waals surface area contributed by atoms with Gasteiger partial charge in [-0.05, 0) is 13.3 Å². The summed E-state index contributed by atoms with van der Waals surface area (Å²) >= 11 is 0. The molecule has 0 aliphatic carbocycles. The Morgan fingerprint density at radius 3 is 2.79 bits per heavy atom. The second-order valence-corrected chi connectivity index (χ2v) is 4.00. The zero-order valence-corrected chi connectivity index (χ0v) is 9.88. The second kappa shape index (κ2) is 4.42. The number of halogens is 3. The van der Waals surface area contributed by atoms with E-state index in [2.05, 4.69) is 4.98 Å². The molecular weight excluding hydrogens is 261 g/mol. The SMILES string of the molecule is Cc1nc2cc(C(F)(F)F)[nH]n2c(=O)c1CCC#N. The zero-order chi connectivity index (χ0) is 14.2. The highest BCUT2D eigenvalue weighted by Gasteiger charge is 2.33. The van der Waals surface area contributed by atoms with Crippen molar-refractivity contribution in [3.63, 3.8) is 0 Å². The monoisotopic (exact) mass is 270 g/mol. The molecule has 5 nitrogen and oxygen atoms in total. The highest BCUT2D eigenvalue weighted by Crippen LogP contribution is 2.28. The lowest BCUT2D eigenvalue weighted by Crippen LogP contribution is -2.22. The van der Waals surface area contributed by atoms with E-state index in [4.69, 9.17) is 5.26 Å². The number of hydrogen-bond donors (Lipinski definition) is 1. The van der Waals surface area contributed by atoms with E-state index in [1.165, 1.54) is 6.92 Å². The van der Waals surface area contributed by atoms with Crippen LogP contribution in [0.1, 0.15) is 23.4 Å². The molecule has 0 aromatic carbocycles. The fraction of sp³-hybridized carbons (Fsp3) is 0.364. The van der Waals surface area contributed by atoms with Crippen molar-refractivity contribution in [1.29, 1.82) is 5.26 Å². The smallest absolute Gasteiger partial charge is 0.285 e. The van der Waals surface area contributed by atoms with Crippen molar-refractivity contribution in [2.24, 2.45) is 0 Å². The predicted molar refractivity (Wildman–Crippen MR) is 59.5 cm³/mol. The van der Waals surface area contributed by atoms with Gasteiger partial charge >= 0.3 is 6.18 Å². The molecule has 2 heterocycles. The van der Waals surface area contributed by atoms with E-state index in [9.17, 15) is 18.0 Å². The molecule has 0 radical (unpaired) electrons. The lowest BCUT2D eigenvalue weighted by Gasteiger charge is -2.03. The van der Waals surface area contributed by atoms with Gasteiger partial charge in [0.05, 0.1) is 6.07 Å². The number of aryl methyl sites for hydroxylation is 1. The van der Waals surface area contributed by atoms with Crippen LogP contribution in [-0.2, 0) is 12.6 Å². The number of aromatic nitrogens is 3. The lowest BCUT2D eigenvalue weighted by atomic mass is 10.1. The molecule has 1 N–H and O–H groups in total. The Labute approximate surface area is 105 Å². The van der Waals surface area contributed by atoms with E-state index < -0.39 is 17.4 Å². The van der Waals surface area contributed by atoms with E-state index in [0.717, 1.165) is 10.6 Å². The van der Waals surface area contributed by atoms with E-state index in [-0.39, 0.29) is 24.1 Å². The van der Waals surface area contributed by atoms with Gasteiger partial charge in [0.1, 0.15) is 5.69 Å². The molecule has 0 atom stereocenters. The predicted octanol–water partition coefficient (Wildman–Crippen LogP) is 1.81. The molecule has 0 saturated carbocycles. The minimum Gasteiger partial charge on any atom is -0.285 e. The van der Waals surface area contributed by atoms with Gasteiger partial charge in [-0.2, -0.15) is 18.4 Å². The normalized spacial score (nSPS) is 11.7. The van der Waals surface area contributed by atoms with Crippen molar-refractivity contribution < 1.29 is 13.2 Å². The van der Waals surface area contributed by atoms with Gasteiger partial charge in [0.2, 0.25) is 0 Å². The van der Waals surface area contributed by atoms with Gasteiger partial charge in [-0.25, -0.2) is 9.50 Å². The van der Waals surface area contributed by atoms with Crippen LogP contribution in [0.5, 0.6) is 0 Å². The summed E-state index contributed by atoms with van der Waals surface area (Å²) in [5.41, 5.74) is -1.14. The molecule has 0 spiro atoms. The van der Waals surface area contributed by atoms with Crippen LogP contribution in [0.3, 0.4) is 0 Å². The van der Waals surface area contributed by atoms with E-state index in [1.54, 1.807) is 0 Å². The fourth-order valence-electron chi connectivity index (χ4n) is 1.78. The molecule has 0 amide bonds. The maximum absolute atomic E-state index is 12.5. The van der Waals surface area contributed by atoms with E-state index >= 15 is 0 Å². The summed E-state index contributed by atoms with van der Waals surface area (Å²) in [6, 6.07) is 2.66. The van der Waals surface area contributed by atoms with E-state index in [0.29, 0.717) is 5.69 Å². The largest absolute Gasteiger partial charge is 0.432 e. The Morgan fingerprint density at radius 2 is 2.21 bits per heavy atom. The molecule has 100 valence electrons. The molecule has 0 unspecified atom stereocenters. The van der Waals surface area contributed by atoms with Gasteiger partial charge in [-0.1, -0.05) is 0 Å². The van der Waals surface area contributed by atoms with Crippen molar-refractivity contribution in [2.75, 3.05) is 0 Å². The number of rotatable bonds is 2. The van der Waals surface area contributed by atoms with Crippen molar-refractivity contribution in [3.8, 4) is 6.07 Å². The summed E-state index contributed by atoms with van der Waals surface area (Å²) in [6.45, 7) is 1.54. The molecular formula is C11H9F3N4O. The third kappa shape index (κ3) is 2.31. The van der Waals surface area contributed by atoms with Crippen molar-refractivity contribution in [1.82, 2.24) is 14.6 Å². The lowest BCUT2D eigenvalue weighted by molar-refractivity contribution is -0.141. The standard InChI is InChI=1S/C11H9F3N4O/c1-6-7(3-2-4-15)10(19)18-9(16-6)5-8(17-18)11(12,13)14/h5,17H,2-3H2,1H3. The Balaban J connectivity index is 2.64. The number of H-pyrrole nitrogens is 1. The number of nitrogens with one attached hydrogen (secondary N) is 1. The van der Waals surface area contributed by atoms with Gasteiger partial charge < -0.3 is 0 Å². The molecule has 0 aliphatic rings. The molecule has 8 heteroatoms. The summed E-state index contributed by atoms with van der Waals surface area (Å²) < 4.78 is 38.4. The quantitative estimate of drug-likeness (QED) is 0.904. The number of alkyl halides is 3. The van der Waals surface area contributed by atoms with Crippen LogP contribution >= 0.6 is 0 Å². The van der Waals surface area contributed by atoms with Gasteiger partial charge in [-0.3, -0.25) is 9.89 Å². The van der Waals surface area contributed by atoms with Gasteiger partial charge in [0.25, 0.3) is 5.56 Å². The fourth-order valence-corrected chi connectivity index (χ4v) is 1.78. The Morgan fingerprint density at radius 1 is 1.53 bits per heavy atom. The van der Waals surface area contributed by atoms with Crippen LogP contribution in [0.15, 0.2) is 10.9 Å². The van der Waals surface area contributed by atoms with Crippen LogP contribution < -0.4 is 5.56 Å². The van der Waals surface area contributed by atoms with Crippen LogP contribution in [0.25, 0.3) is 5.65 Å². The number of nitrogens with zero attached hydrogens (tertiary/aromatic N) is 3. The number of hydrogen-bond acceptors (Lipinski definition) is 3. The first-order valence-corrected chi connectivity index (χ1v) is 5.40. The Bertz CT molecular complexity index is 720. The molecule has 0 aliphatic heterocycles. The highest BCUT2D eigenvalue weighted by atomic mass is 19.4. The summed E-state index contributed by atoms with van der Waals surface area (Å²) in [4.78, 5) is 16.0. The average molecular weight is 270 g/mol. The zero-order valence-electron chi connectivity index (χ0n) is 9.88. The summed E-state index contributed by atoms with van der Waals surface area (Å²) in [6.07, 6.45) is -4.30. The third-order valence-corrected chi connectivity index (χ3v) is 2.71. The molecule has 2 rings (SSSR count). The number of aromatic amines is 1. The van der Waals surface area contributed by atoms with Crippen LogP contribution in [0, 0.1) is 18.3 Å². The topological polar surface area (TPSA) is 74.0 Å². The van der Waals surface area contributed by atoms with Gasteiger partial charge in [0, 0.05) is 23.7 Å². The summed E-state index contributed by atoms with van der Waals surface area (Å²) in [5, 5.41) is 10.5. The minimum atomic E-state index is -4.57. The van der Waals surface area contributed by atoms with Gasteiger partial charge in [-0.15, -0.1) is 0 Å². The second-order valence-electron chi connectivity index (χ2n) is 4.00. The maximum Gasteiger partial charge on any atom is 0.432 e. The molecule has 2 aromatic heterocycles. The van der Waals surface area contributed by atoms with Crippen molar-refractivity contribution in [2.45, 2.75) is 25.9 Å². The molecule has 0 saturated heterocycles. The number of fused-ring (bicyclic) bond motifs is 1. The first-order valence-electron chi connectivity index (χ1n) is 5.40. The molecule has 0 fully saturated rings. The number of nitriles is 1. The minimum absolute atomic E-state index is 0.0875. The summed E-state index contributed by atoms with van der Waals surface area (Å²) in [5.74, 6) is 0.